The van der Waals surface area contributed by atoms with Gasteiger partial charge in [-0.15, -0.1) is 0 Å². The van der Waals surface area contributed by atoms with Crippen molar-refractivity contribution in [2.24, 2.45) is 0 Å². The third kappa shape index (κ3) is 2.91. The van der Waals surface area contributed by atoms with E-state index in [-0.39, 0.29) is 10.0 Å². The van der Waals surface area contributed by atoms with Crippen LogP contribution in [0.5, 0.6) is 0 Å². The van der Waals surface area contributed by atoms with Gasteiger partial charge in [-0.05, 0) is 31.9 Å². The van der Waals surface area contributed by atoms with Crippen molar-refractivity contribution in [2.75, 3.05) is 20.2 Å². The largest absolute Gasteiger partial charge is 0.377 e. The van der Waals surface area contributed by atoms with Crippen LogP contribution >= 0.6 is 11.6 Å². The van der Waals surface area contributed by atoms with Crippen LogP contribution in [-0.2, 0) is 14.8 Å². The SMILES string of the molecule is COC1(C)CCCN(S(=O)(=O)c2cccnc2Cl)C1. The Morgan fingerprint density at radius 2 is 2.26 bits per heavy atom. The van der Waals surface area contributed by atoms with Gasteiger partial charge in [0, 0.05) is 26.4 Å². The van der Waals surface area contributed by atoms with Crippen molar-refractivity contribution in [1.29, 1.82) is 0 Å². The number of piperidine rings is 1. The summed E-state index contributed by atoms with van der Waals surface area (Å²) in [5.74, 6) is 0. The molecule has 0 bridgehead atoms. The van der Waals surface area contributed by atoms with E-state index < -0.39 is 15.6 Å². The summed E-state index contributed by atoms with van der Waals surface area (Å²) in [7, 11) is -2.01. The lowest BCUT2D eigenvalue weighted by molar-refractivity contribution is -0.0319. The number of rotatable bonds is 3. The van der Waals surface area contributed by atoms with Crippen LogP contribution in [0, 0.1) is 0 Å². The lowest BCUT2D eigenvalue weighted by Gasteiger charge is -2.38. The molecule has 0 aromatic carbocycles. The topological polar surface area (TPSA) is 59.5 Å². The molecule has 0 N–H and O–H groups in total. The zero-order valence-corrected chi connectivity index (χ0v) is 12.5. The summed E-state index contributed by atoms with van der Waals surface area (Å²) in [6.07, 6.45) is 3.08. The molecule has 0 spiro atoms. The standard InChI is InChI=1S/C12H17ClN2O3S/c1-12(18-2)6-4-8-15(9-12)19(16,17)10-5-3-7-14-11(10)13/h3,5,7H,4,6,8-9H2,1-2H3. The van der Waals surface area contributed by atoms with Crippen LogP contribution in [0.1, 0.15) is 19.8 Å². The average molecular weight is 305 g/mol. The van der Waals surface area contributed by atoms with Gasteiger partial charge in [-0.1, -0.05) is 11.6 Å². The Balaban J connectivity index is 2.33. The van der Waals surface area contributed by atoms with Crippen molar-refractivity contribution in [2.45, 2.75) is 30.3 Å². The monoisotopic (exact) mass is 304 g/mol. The van der Waals surface area contributed by atoms with Crippen LogP contribution in [0.3, 0.4) is 0 Å². The van der Waals surface area contributed by atoms with Gasteiger partial charge in [0.15, 0.2) is 0 Å². The van der Waals surface area contributed by atoms with E-state index in [9.17, 15) is 8.42 Å². The van der Waals surface area contributed by atoms with Crippen LogP contribution in [0.15, 0.2) is 23.2 Å². The van der Waals surface area contributed by atoms with Gasteiger partial charge in [0.1, 0.15) is 10.0 Å². The van der Waals surface area contributed by atoms with Crippen molar-refractivity contribution >= 4 is 21.6 Å². The quantitative estimate of drug-likeness (QED) is 0.801. The minimum absolute atomic E-state index is 0.00666. The second kappa shape index (κ2) is 5.36. The molecule has 2 heterocycles. The Hall–Kier alpha value is -0.690. The second-order valence-electron chi connectivity index (χ2n) is 4.89. The highest BCUT2D eigenvalue weighted by molar-refractivity contribution is 7.89. The molecule has 1 aromatic heterocycles. The van der Waals surface area contributed by atoms with Crippen molar-refractivity contribution < 1.29 is 13.2 Å². The van der Waals surface area contributed by atoms with Crippen molar-refractivity contribution in [3.05, 3.63) is 23.5 Å². The fourth-order valence-corrected chi connectivity index (χ4v) is 4.25. The predicted octanol–water partition coefficient (Wildman–Crippen LogP) is 1.92. The molecule has 7 heteroatoms. The molecule has 0 saturated carbocycles. The fourth-order valence-electron chi connectivity index (χ4n) is 2.24. The molecule has 1 unspecified atom stereocenters. The number of nitrogens with zero attached hydrogens (tertiary/aromatic N) is 2. The Bertz CT molecular complexity index is 564. The van der Waals surface area contributed by atoms with E-state index in [0.29, 0.717) is 13.1 Å². The van der Waals surface area contributed by atoms with E-state index in [1.165, 1.54) is 16.6 Å². The summed E-state index contributed by atoms with van der Waals surface area (Å²) in [5.41, 5.74) is -0.444. The molecule has 0 aliphatic carbocycles. The fraction of sp³-hybridized carbons (Fsp3) is 0.583. The molecular weight excluding hydrogens is 288 g/mol. The van der Waals surface area contributed by atoms with Crippen LogP contribution in [0.2, 0.25) is 5.15 Å². The first kappa shape index (κ1) is 14.7. The Morgan fingerprint density at radius 1 is 1.53 bits per heavy atom. The molecule has 0 radical (unpaired) electrons. The van der Waals surface area contributed by atoms with Gasteiger partial charge in [-0.3, -0.25) is 0 Å². The van der Waals surface area contributed by atoms with Crippen molar-refractivity contribution in [3.63, 3.8) is 0 Å². The van der Waals surface area contributed by atoms with Gasteiger partial charge in [0.2, 0.25) is 10.0 Å². The molecule has 1 atom stereocenters. The first-order valence-corrected chi connectivity index (χ1v) is 7.87. The molecule has 106 valence electrons. The second-order valence-corrected chi connectivity index (χ2v) is 7.15. The minimum atomic E-state index is -3.61. The van der Waals surface area contributed by atoms with Crippen LogP contribution in [-0.4, -0.2) is 43.5 Å². The summed E-state index contributed by atoms with van der Waals surface area (Å²) in [6.45, 7) is 2.73. The Labute approximate surface area is 118 Å². The molecule has 1 aliphatic rings. The normalized spacial score (nSPS) is 25.4. The van der Waals surface area contributed by atoms with Crippen molar-refractivity contribution in [1.82, 2.24) is 9.29 Å². The summed E-state index contributed by atoms with van der Waals surface area (Å²) in [4.78, 5) is 3.88. The Morgan fingerprint density at radius 3 is 2.89 bits per heavy atom. The smallest absolute Gasteiger partial charge is 0.246 e. The molecule has 1 saturated heterocycles. The number of methoxy groups -OCH3 is 1. The lowest BCUT2D eigenvalue weighted by Crippen LogP contribution is -2.49. The molecule has 2 rings (SSSR count). The molecule has 19 heavy (non-hydrogen) atoms. The number of hydrogen-bond acceptors (Lipinski definition) is 4. The molecule has 5 nitrogen and oxygen atoms in total. The Kier molecular flexibility index (Phi) is 4.15. The summed E-state index contributed by atoms with van der Waals surface area (Å²) < 4.78 is 32.0. The number of sulfonamides is 1. The van der Waals surface area contributed by atoms with Gasteiger partial charge in [-0.2, -0.15) is 4.31 Å². The summed E-state index contributed by atoms with van der Waals surface area (Å²) in [6, 6.07) is 3.04. The third-order valence-corrected chi connectivity index (χ3v) is 5.75. The van der Waals surface area contributed by atoms with Gasteiger partial charge in [0.25, 0.3) is 0 Å². The summed E-state index contributed by atoms with van der Waals surface area (Å²) >= 11 is 5.88. The minimum Gasteiger partial charge on any atom is -0.377 e. The van der Waals surface area contributed by atoms with E-state index in [1.54, 1.807) is 13.2 Å². The van der Waals surface area contributed by atoms with Crippen LogP contribution in [0.4, 0.5) is 0 Å². The number of pyridine rings is 1. The van der Waals surface area contributed by atoms with Gasteiger partial charge in [0.05, 0.1) is 5.60 Å². The molecular formula is C12H17ClN2O3S. The van der Waals surface area contributed by atoms with Gasteiger partial charge < -0.3 is 4.74 Å². The first-order valence-electron chi connectivity index (χ1n) is 6.05. The number of hydrogen-bond donors (Lipinski definition) is 0. The molecule has 1 aromatic rings. The van der Waals surface area contributed by atoms with Crippen LogP contribution in [0.25, 0.3) is 0 Å². The third-order valence-electron chi connectivity index (χ3n) is 3.46. The first-order chi connectivity index (χ1) is 8.89. The van der Waals surface area contributed by atoms with E-state index in [2.05, 4.69) is 4.98 Å². The van der Waals surface area contributed by atoms with Crippen molar-refractivity contribution in [3.8, 4) is 0 Å². The number of aromatic nitrogens is 1. The van der Waals surface area contributed by atoms with Gasteiger partial charge >= 0.3 is 0 Å². The van der Waals surface area contributed by atoms with E-state index >= 15 is 0 Å². The van der Waals surface area contributed by atoms with E-state index in [0.717, 1.165) is 12.8 Å². The molecule has 1 aliphatic heterocycles. The highest BCUT2D eigenvalue weighted by atomic mass is 35.5. The maximum atomic E-state index is 12.6. The lowest BCUT2D eigenvalue weighted by atomic mass is 9.96. The molecule has 0 amide bonds. The molecule has 1 fully saturated rings. The highest BCUT2D eigenvalue weighted by Gasteiger charge is 2.37. The zero-order valence-electron chi connectivity index (χ0n) is 11.0. The maximum absolute atomic E-state index is 12.6. The number of halogens is 1. The average Bonchev–Trinajstić information content (AvgIpc) is 2.39. The maximum Gasteiger partial charge on any atom is 0.246 e. The van der Waals surface area contributed by atoms with E-state index in [4.69, 9.17) is 16.3 Å². The van der Waals surface area contributed by atoms with Crippen LogP contribution < -0.4 is 0 Å². The zero-order chi connectivity index (χ0) is 14.1. The van der Waals surface area contributed by atoms with E-state index in [1.807, 2.05) is 6.92 Å². The number of ether oxygens (including phenoxy) is 1. The summed E-state index contributed by atoms with van der Waals surface area (Å²) in [5, 5.41) is 0.00666. The van der Waals surface area contributed by atoms with Gasteiger partial charge in [-0.25, -0.2) is 13.4 Å². The predicted molar refractivity (Wildman–Crippen MR) is 72.7 cm³/mol. The highest BCUT2D eigenvalue weighted by Crippen LogP contribution is 2.30.